The van der Waals surface area contributed by atoms with Gasteiger partial charge in [-0.05, 0) is 58.2 Å². The molecular weight excluding hydrogens is 427 g/mol. The summed E-state index contributed by atoms with van der Waals surface area (Å²) in [5, 5.41) is 0.352. The molecule has 0 aliphatic carbocycles. The third-order valence-electron chi connectivity index (χ3n) is 4.92. The average Bonchev–Trinajstić information content (AvgIpc) is 2.74. The Morgan fingerprint density at radius 2 is 1.88 bits per heavy atom. The minimum Gasteiger partial charge on any atom is -0.493 e. The number of hydrogen-bond donors (Lipinski definition) is 0. The van der Waals surface area contributed by atoms with Crippen molar-refractivity contribution in [3.8, 4) is 5.75 Å². The first kappa shape index (κ1) is 25.7. The van der Waals surface area contributed by atoms with E-state index in [4.69, 9.17) is 21.1 Å². The van der Waals surface area contributed by atoms with E-state index in [2.05, 4.69) is 4.98 Å². The van der Waals surface area contributed by atoms with Gasteiger partial charge < -0.3 is 14.4 Å². The molecule has 32 heavy (non-hydrogen) atoms. The van der Waals surface area contributed by atoms with E-state index in [0.717, 1.165) is 30.6 Å². The Labute approximate surface area is 196 Å². The summed E-state index contributed by atoms with van der Waals surface area (Å²) in [4.78, 5) is 30.5. The molecule has 0 fully saturated rings. The van der Waals surface area contributed by atoms with Crippen LogP contribution in [0.25, 0.3) is 0 Å². The summed E-state index contributed by atoms with van der Waals surface area (Å²) < 4.78 is 11.0. The van der Waals surface area contributed by atoms with Gasteiger partial charge in [0, 0.05) is 30.2 Å². The minimum absolute atomic E-state index is 0.115. The summed E-state index contributed by atoms with van der Waals surface area (Å²) in [6.07, 6.45) is 4.45. The third kappa shape index (κ3) is 8.19. The van der Waals surface area contributed by atoms with Gasteiger partial charge in [-0.15, -0.1) is 0 Å². The quantitative estimate of drug-likeness (QED) is 0.206. The van der Waals surface area contributed by atoms with E-state index in [9.17, 15) is 9.59 Å². The molecule has 0 radical (unpaired) electrons. The van der Waals surface area contributed by atoms with Gasteiger partial charge in [-0.25, -0.2) is 4.98 Å². The SMILES string of the molecule is BC(C)(C)N(Cc1ccccc1OCCCCCC(=O)OCC)C(=O)c1ccc(Cl)nc1. The summed E-state index contributed by atoms with van der Waals surface area (Å²) >= 11 is 5.87. The van der Waals surface area contributed by atoms with Gasteiger partial charge >= 0.3 is 5.97 Å². The summed E-state index contributed by atoms with van der Waals surface area (Å²) in [6, 6.07) is 11.1. The molecule has 1 aromatic carbocycles. The van der Waals surface area contributed by atoms with Crippen LogP contribution in [-0.2, 0) is 16.1 Å². The van der Waals surface area contributed by atoms with E-state index in [0.29, 0.717) is 36.9 Å². The second-order valence-corrected chi connectivity index (χ2v) is 8.89. The minimum atomic E-state index is -0.406. The first-order chi connectivity index (χ1) is 15.2. The van der Waals surface area contributed by atoms with Crippen molar-refractivity contribution in [1.29, 1.82) is 0 Å². The lowest BCUT2D eigenvalue weighted by Crippen LogP contribution is -2.47. The Balaban J connectivity index is 2.00. The largest absolute Gasteiger partial charge is 0.493 e. The lowest BCUT2D eigenvalue weighted by atomic mass is 9.79. The number of hydrogen-bond acceptors (Lipinski definition) is 5. The maximum atomic E-state index is 13.2. The number of carbonyl (C=O) groups is 2. The van der Waals surface area contributed by atoms with E-state index in [1.165, 1.54) is 6.20 Å². The second-order valence-electron chi connectivity index (χ2n) is 8.50. The molecule has 2 rings (SSSR count). The molecule has 8 heteroatoms. The molecule has 0 aliphatic rings. The zero-order chi connectivity index (χ0) is 23.6. The van der Waals surface area contributed by atoms with E-state index >= 15 is 0 Å². The zero-order valence-electron chi connectivity index (χ0n) is 19.4. The van der Waals surface area contributed by atoms with Crippen LogP contribution in [0.3, 0.4) is 0 Å². The normalized spacial score (nSPS) is 11.1. The summed E-state index contributed by atoms with van der Waals surface area (Å²) in [6.45, 7) is 7.18. The number of amides is 1. The first-order valence-corrected chi connectivity index (χ1v) is 11.4. The lowest BCUT2D eigenvalue weighted by molar-refractivity contribution is -0.143. The summed E-state index contributed by atoms with van der Waals surface area (Å²) in [5.74, 6) is 0.492. The molecule has 6 nitrogen and oxygen atoms in total. The van der Waals surface area contributed by atoms with Crippen molar-refractivity contribution in [2.75, 3.05) is 13.2 Å². The lowest BCUT2D eigenvalue weighted by Gasteiger charge is -2.36. The highest BCUT2D eigenvalue weighted by Gasteiger charge is 2.28. The van der Waals surface area contributed by atoms with Crippen LogP contribution in [0.15, 0.2) is 42.6 Å². The van der Waals surface area contributed by atoms with E-state index in [1.807, 2.05) is 52.9 Å². The zero-order valence-corrected chi connectivity index (χ0v) is 20.2. The Bertz CT molecular complexity index is 884. The van der Waals surface area contributed by atoms with Gasteiger partial charge in [0.1, 0.15) is 18.7 Å². The van der Waals surface area contributed by atoms with E-state index < -0.39 is 5.44 Å². The predicted molar refractivity (Wildman–Crippen MR) is 129 cm³/mol. The molecule has 0 unspecified atom stereocenters. The van der Waals surface area contributed by atoms with Crippen LogP contribution in [0.1, 0.15) is 62.4 Å². The molecule has 2 aromatic rings. The predicted octanol–water partition coefficient (Wildman–Crippen LogP) is 4.25. The number of unbranched alkanes of at least 4 members (excludes halogenated alkanes) is 2. The van der Waals surface area contributed by atoms with Crippen LogP contribution in [0.5, 0.6) is 5.75 Å². The molecule has 0 N–H and O–H groups in total. The van der Waals surface area contributed by atoms with Gasteiger partial charge in [-0.3, -0.25) is 9.59 Å². The fourth-order valence-electron chi connectivity index (χ4n) is 3.18. The number of ether oxygens (including phenoxy) is 2. The average molecular weight is 459 g/mol. The Hall–Kier alpha value is -2.54. The highest BCUT2D eigenvalue weighted by Crippen LogP contribution is 2.25. The maximum absolute atomic E-state index is 13.2. The number of benzene rings is 1. The fourth-order valence-corrected chi connectivity index (χ4v) is 3.29. The number of esters is 1. The van der Waals surface area contributed by atoms with Gasteiger partial charge in [0.25, 0.3) is 5.91 Å². The second kappa shape index (κ2) is 12.5. The molecule has 1 amide bonds. The maximum Gasteiger partial charge on any atom is 0.305 e. The first-order valence-electron chi connectivity index (χ1n) is 11.0. The molecule has 0 atom stereocenters. The van der Waals surface area contributed by atoms with E-state index in [1.54, 1.807) is 17.0 Å². The van der Waals surface area contributed by atoms with Gasteiger partial charge in [0.15, 0.2) is 0 Å². The van der Waals surface area contributed by atoms with Crippen molar-refractivity contribution >= 4 is 31.3 Å². The molecule has 0 saturated carbocycles. The number of halogens is 1. The molecule has 0 bridgehead atoms. The molecule has 172 valence electrons. The number of pyridine rings is 1. The number of nitrogens with zero attached hydrogens (tertiary/aromatic N) is 2. The van der Waals surface area contributed by atoms with Crippen molar-refractivity contribution in [3.63, 3.8) is 0 Å². The highest BCUT2D eigenvalue weighted by atomic mass is 35.5. The molecule has 1 heterocycles. The molecule has 1 aromatic heterocycles. The monoisotopic (exact) mass is 458 g/mol. The summed E-state index contributed by atoms with van der Waals surface area (Å²) in [7, 11) is 2.00. The van der Waals surface area contributed by atoms with Crippen LogP contribution in [0, 0.1) is 0 Å². The van der Waals surface area contributed by atoms with Crippen molar-refractivity contribution in [2.24, 2.45) is 0 Å². The fraction of sp³-hybridized carbons (Fsp3) is 0.458. The number of para-hydroxylation sites is 1. The third-order valence-corrected chi connectivity index (χ3v) is 5.14. The van der Waals surface area contributed by atoms with Crippen molar-refractivity contribution < 1.29 is 19.1 Å². The smallest absolute Gasteiger partial charge is 0.305 e. The number of rotatable bonds is 12. The van der Waals surface area contributed by atoms with Crippen molar-refractivity contribution in [3.05, 3.63) is 58.9 Å². The van der Waals surface area contributed by atoms with Crippen molar-refractivity contribution in [2.45, 2.75) is 58.4 Å². The van der Waals surface area contributed by atoms with Crippen LogP contribution >= 0.6 is 11.6 Å². The van der Waals surface area contributed by atoms with Crippen LogP contribution in [-0.4, -0.2) is 48.3 Å². The van der Waals surface area contributed by atoms with E-state index in [-0.39, 0.29) is 11.9 Å². The number of carbonyl (C=O) groups excluding carboxylic acids is 2. The Morgan fingerprint density at radius 3 is 2.53 bits per heavy atom. The van der Waals surface area contributed by atoms with Crippen LogP contribution in [0.2, 0.25) is 5.15 Å². The Kier molecular flexibility index (Phi) is 10.0. The Morgan fingerprint density at radius 1 is 1.12 bits per heavy atom. The van der Waals surface area contributed by atoms with Crippen LogP contribution in [0.4, 0.5) is 0 Å². The number of aromatic nitrogens is 1. The standard InChI is InChI=1S/C24H32BClN2O4/c1-4-31-22(29)12-6-5-9-15-32-20-11-8-7-10-19(20)17-28(24(2,3)25)23(30)18-13-14-21(26)27-16-18/h7-8,10-11,13-14,16H,4-6,9,12,15,17,25H2,1-3H3. The van der Waals surface area contributed by atoms with Crippen LogP contribution < -0.4 is 4.74 Å². The molecular formula is C24H32BClN2O4. The molecule has 0 saturated heterocycles. The molecule has 0 spiro atoms. The van der Waals surface area contributed by atoms with Gasteiger partial charge in [-0.1, -0.05) is 29.8 Å². The van der Waals surface area contributed by atoms with Gasteiger partial charge in [0.2, 0.25) is 0 Å². The van der Waals surface area contributed by atoms with Gasteiger partial charge in [-0.2, -0.15) is 0 Å². The topological polar surface area (TPSA) is 68.7 Å². The summed E-state index contributed by atoms with van der Waals surface area (Å²) in [5.41, 5.74) is 1.02. The molecule has 0 aliphatic heterocycles. The van der Waals surface area contributed by atoms with Crippen molar-refractivity contribution in [1.82, 2.24) is 9.88 Å². The highest BCUT2D eigenvalue weighted by molar-refractivity contribution is 6.29. The van der Waals surface area contributed by atoms with Gasteiger partial charge in [0.05, 0.1) is 18.8 Å².